The van der Waals surface area contributed by atoms with Crippen LogP contribution in [0.3, 0.4) is 0 Å². The predicted octanol–water partition coefficient (Wildman–Crippen LogP) is 3.25. The molecule has 0 radical (unpaired) electrons. The minimum Gasteiger partial charge on any atom is -0.311 e. The zero-order valence-corrected chi connectivity index (χ0v) is 15.2. The van der Waals surface area contributed by atoms with Crippen molar-refractivity contribution in [3.05, 3.63) is 62.8 Å². The average Bonchev–Trinajstić information content (AvgIpc) is 3.37. The lowest BCUT2D eigenvalue weighted by molar-refractivity contribution is 0.461. The largest absolute Gasteiger partial charge is 0.311 e. The van der Waals surface area contributed by atoms with Crippen molar-refractivity contribution >= 4 is 21.6 Å². The quantitative estimate of drug-likeness (QED) is 0.768. The molecular formula is C20H20FN3OS. The topological polar surface area (TPSA) is 46.9 Å². The Morgan fingerprint density at radius 2 is 2.00 bits per heavy atom. The number of fused-ring (bicyclic) bond motifs is 3. The number of hydrogen-bond acceptors (Lipinski definition) is 4. The second kappa shape index (κ2) is 6.28. The molecule has 3 aromatic rings. The molecule has 0 saturated heterocycles. The number of aromatic nitrogens is 2. The molecule has 1 unspecified atom stereocenters. The first-order valence-electron chi connectivity index (χ1n) is 9.17. The number of nitrogens with one attached hydrogen (secondary N) is 1. The van der Waals surface area contributed by atoms with Gasteiger partial charge in [-0.15, -0.1) is 11.3 Å². The van der Waals surface area contributed by atoms with E-state index in [1.54, 1.807) is 34.4 Å². The Hall–Kier alpha value is -2.05. The molecule has 134 valence electrons. The highest BCUT2D eigenvalue weighted by Crippen LogP contribution is 2.34. The number of hydrogen-bond donors (Lipinski definition) is 1. The Morgan fingerprint density at radius 3 is 2.77 bits per heavy atom. The number of benzene rings is 1. The van der Waals surface area contributed by atoms with Crippen LogP contribution < -0.4 is 10.9 Å². The van der Waals surface area contributed by atoms with E-state index in [0.717, 1.165) is 35.0 Å². The lowest BCUT2D eigenvalue weighted by Crippen LogP contribution is -2.35. The van der Waals surface area contributed by atoms with Gasteiger partial charge in [0.15, 0.2) is 0 Å². The molecular weight excluding hydrogens is 349 g/mol. The van der Waals surface area contributed by atoms with Gasteiger partial charge in [-0.1, -0.05) is 12.1 Å². The Labute approximate surface area is 154 Å². The maximum absolute atomic E-state index is 13.1. The van der Waals surface area contributed by atoms with Gasteiger partial charge in [-0.3, -0.25) is 9.36 Å². The maximum Gasteiger partial charge on any atom is 0.262 e. The van der Waals surface area contributed by atoms with Crippen molar-refractivity contribution < 1.29 is 4.39 Å². The Balaban J connectivity index is 1.48. The van der Waals surface area contributed by atoms with E-state index in [4.69, 9.17) is 0 Å². The van der Waals surface area contributed by atoms with Crippen LogP contribution in [0.25, 0.3) is 10.2 Å². The van der Waals surface area contributed by atoms with Crippen LogP contribution in [0.4, 0.5) is 4.39 Å². The fraction of sp³-hybridized carbons (Fsp3) is 0.400. The average molecular weight is 369 g/mol. The van der Waals surface area contributed by atoms with Crippen LogP contribution in [-0.2, 0) is 19.4 Å². The molecule has 4 nitrogen and oxygen atoms in total. The van der Waals surface area contributed by atoms with Gasteiger partial charge >= 0.3 is 0 Å². The zero-order chi connectivity index (χ0) is 17.7. The van der Waals surface area contributed by atoms with Crippen molar-refractivity contribution in [3.63, 3.8) is 0 Å². The van der Waals surface area contributed by atoms with Gasteiger partial charge in [0.05, 0.1) is 18.3 Å². The van der Waals surface area contributed by atoms with Crippen LogP contribution in [0.15, 0.2) is 35.4 Å². The molecule has 6 heteroatoms. The van der Waals surface area contributed by atoms with Crippen molar-refractivity contribution in [1.29, 1.82) is 0 Å². The molecule has 1 N–H and O–H groups in total. The number of thiophene rings is 1. The van der Waals surface area contributed by atoms with E-state index in [1.807, 2.05) is 0 Å². The molecule has 2 aliphatic rings. The summed E-state index contributed by atoms with van der Waals surface area (Å²) in [6.07, 6.45) is 7.25. The Kier molecular flexibility index (Phi) is 3.90. The fourth-order valence-corrected chi connectivity index (χ4v) is 5.08. The summed E-state index contributed by atoms with van der Waals surface area (Å²) in [6.45, 7) is 0.415. The summed E-state index contributed by atoms with van der Waals surface area (Å²) in [5.74, 6) is -0.268. The van der Waals surface area contributed by atoms with Crippen molar-refractivity contribution in [3.8, 4) is 0 Å². The molecule has 0 bridgehead atoms. The summed E-state index contributed by atoms with van der Waals surface area (Å²) in [7, 11) is 0. The van der Waals surface area contributed by atoms with Gasteiger partial charge in [0.2, 0.25) is 0 Å². The van der Waals surface area contributed by atoms with Crippen LogP contribution in [0.2, 0.25) is 0 Å². The highest BCUT2D eigenvalue weighted by Gasteiger charge is 2.29. The van der Waals surface area contributed by atoms with Gasteiger partial charge < -0.3 is 5.32 Å². The number of halogens is 1. The second-order valence-corrected chi connectivity index (χ2v) is 8.45. The monoisotopic (exact) mass is 369 g/mol. The van der Waals surface area contributed by atoms with E-state index in [0.29, 0.717) is 18.6 Å². The lowest BCUT2D eigenvalue weighted by atomic mass is 9.93. The molecule has 2 heterocycles. The third kappa shape index (κ3) is 2.97. The standard InChI is InChI=1S/C20H20FN3OS/c21-13-3-1-12(2-4-13)10-24-11-22-19-18(20(24)25)16-8-7-15(9-17(16)26-19)23-14-5-6-14/h1-4,11,14-15,23H,5-10H2. The minimum atomic E-state index is -0.268. The molecule has 0 amide bonds. The number of nitrogens with zero attached hydrogens (tertiary/aromatic N) is 2. The summed E-state index contributed by atoms with van der Waals surface area (Å²) in [6, 6.07) is 7.51. The van der Waals surface area contributed by atoms with Crippen LogP contribution in [-0.4, -0.2) is 21.6 Å². The minimum absolute atomic E-state index is 0.0189. The van der Waals surface area contributed by atoms with Gasteiger partial charge in [0, 0.05) is 17.0 Å². The van der Waals surface area contributed by atoms with E-state index in [2.05, 4.69) is 10.3 Å². The molecule has 2 aromatic heterocycles. The first-order chi connectivity index (χ1) is 12.7. The van der Waals surface area contributed by atoms with Crippen LogP contribution in [0.5, 0.6) is 0 Å². The third-order valence-electron chi connectivity index (χ3n) is 5.35. The summed E-state index contributed by atoms with van der Waals surface area (Å²) >= 11 is 1.67. The second-order valence-electron chi connectivity index (χ2n) is 7.37. The van der Waals surface area contributed by atoms with E-state index in [1.165, 1.54) is 35.4 Å². The molecule has 1 saturated carbocycles. The van der Waals surface area contributed by atoms with Crippen LogP contribution in [0.1, 0.15) is 35.3 Å². The molecule has 26 heavy (non-hydrogen) atoms. The third-order valence-corrected chi connectivity index (χ3v) is 6.51. The SMILES string of the molecule is O=c1c2c3c(sc2ncn1Cc1ccc(F)cc1)CC(NC1CC1)CC3. The van der Waals surface area contributed by atoms with Crippen molar-refractivity contribution in [2.45, 2.75) is 50.7 Å². The Bertz CT molecular complexity index is 1020. The number of aryl methyl sites for hydroxylation is 1. The normalized spacial score (nSPS) is 19.7. The molecule has 2 aliphatic carbocycles. The molecule has 5 rings (SSSR count). The van der Waals surface area contributed by atoms with E-state index in [9.17, 15) is 9.18 Å². The highest BCUT2D eigenvalue weighted by atomic mass is 32.1. The summed E-state index contributed by atoms with van der Waals surface area (Å²) < 4.78 is 14.7. The van der Waals surface area contributed by atoms with Gasteiger partial charge in [0.1, 0.15) is 10.6 Å². The van der Waals surface area contributed by atoms with E-state index in [-0.39, 0.29) is 11.4 Å². The first-order valence-corrected chi connectivity index (χ1v) is 9.99. The van der Waals surface area contributed by atoms with Crippen molar-refractivity contribution in [2.24, 2.45) is 0 Å². The Morgan fingerprint density at radius 1 is 1.19 bits per heavy atom. The lowest BCUT2D eigenvalue weighted by Gasteiger charge is -2.23. The molecule has 1 aromatic carbocycles. The highest BCUT2D eigenvalue weighted by molar-refractivity contribution is 7.18. The zero-order valence-electron chi connectivity index (χ0n) is 14.4. The maximum atomic E-state index is 13.1. The van der Waals surface area contributed by atoms with Crippen LogP contribution in [0, 0.1) is 5.82 Å². The van der Waals surface area contributed by atoms with Gasteiger partial charge in [-0.05, 0) is 55.4 Å². The fourth-order valence-electron chi connectivity index (χ4n) is 3.83. The van der Waals surface area contributed by atoms with Gasteiger partial charge in [-0.25, -0.2) is 9.37 Å². The van der Waals surface area contributed by atoms with Gasteiger partial charge in [0.25, 0.3) is 5.56 Å². The summed E-state index contributed by atoms with van der Waals surface area (Å²) in [5.41, 5.74) is 2.11. The van der Waals surface area contributed by atoms with E-state index >= 15 is 0 Å². The predicted molar refractivity (Wildman–Crippen MR) is 101 cm³/mol. The van der Waals surface area contributed by atoms with Gasteiger partial charge in [-0.2, -0.15) is 0 Å². The molecule has 0 spiro atoms. The van der Waals surface area contributed by atoms with Crippen LogP contribution >= 0.6 is 11.3 Å². The smallest absolute Gasteiger partial charge is 0.262 e. The molecule has 1 atom stereocenters. The summed E-state index contributed by atoms with van der Waals surface area (Å²) in [5, 5.41) is 4.50. The van der Waals surface area contributed by atoms with Crippen molar-refractivity contribution in [1.82, 2.24) is 14.9 Å². The van der Waals surface area contributed by atoms with E-state index < -0.39 is 0 Å². The molecule has 0 aliphatic heterocycles. The summed E-state index contributed by atoms with van der Waals surface area (Å²) in [4.78, 5) is 19.8. The first kappa shape index (κ1) is 16.1. The van der Waals surface area contributed by atoms with Crippen molar-refractivity contribution in [2.75, 3.05) is 0 Å². The molecule has 1 fully saturated rings. The number of rotatable bonds is 4.